The van der Waals surface area contributed by atoms with E-state index in [9.17, 15) is 9.18 Å². The first-order valence-corrected chi connectivity index (χ1v) is 6.12. The first-order chi connectivity index (χ1) is 9.13. The molecule has 2 rings (SSSR count). The van der Waals surface area contributed by atoms with E-state index in [-0.39, 0.29) is 5.56 Å². The summed E-state index contributed by atoms with van der Waals surface area (Å²) < 4.78 is 18.2. The van der Waals surface area contributed by atoms with E-state index in [4.69, 9.17) is 0 Å². The summed E-state index contributed by atoms with van der Waals surface area (Å²) in [7, 11) is 1.28. The van der Waals surface area contributed by atoms with E-state index in [2.05, 4.69) is 11.7 Å². The summed E-state index contributed by atoms with van der Waals surface area (Å²) >= 11 is 0. The van der Waals surface area contributed by atoms with Gasteiger partial charge in [0, 0.05) is 0 Å². The standard InChI is InChI=1S/C16H15FO2/c1-3-11-5-4-6-12(7-11)13-8-14(16(18)19-2)10-15(17)9-13/h4-10H,3H2,1-2H3. The minimum atomic E-state index is -0.535. The molecule has 2 nitrogen and oxygen atoms in total. The fraction of sp³-hybridized carbons (Fsp3) is 0.188. The Hall–Kier alpha value is -2.16. The third kappa shape index (κ3) is 2.99. The Morgan fingerprint density at radius 3 is 2.63 bits per heavy atom. The van der Waals surface area contributed by atoms with Gasteiger partial charge in [0.2, 0.25) is 0 Å². The number of carbonyl (C=O) groups is 1. The molecule has 2 aromatic rings. The van der Waals surface area contributed by atoms with Crippen LogP contribution in [0.15, 0.2) is 42.5 Å². The van der Waals surface area contributed by atoms with Crippen LogP contribution in [0.3, 0.4) is 0 Å². The molecule has 98 valence electrons. The second-order valence-electron chi connectivity index (χ2n) is 4.27. The number of esters is 1. The molecular weight excluding hydrogens is 243 g/mol. The molecule has 0 saturated carbocycles. The van der Waals surface area contributed by atoms with Gasteiger partial charge in [0.1, 0.15) is 5.82 Å². The van der Waals surface area contributed by atoms with E-state index in [1.165, 1.54) is 24.8 Å². The second kappa shape index (κ2) is 5.65. The lowest BCUT2D eigenvalue weighted by atomic mass is 10.00. The van der Waals surface area contributed by atoms with Crippen molar-refractivity contribution in [3.8, 4) is 11.1 Å². The summed E-state index contributed by atoms with van der Waals surface area (Å²) in [5, 5.41) is 0. The predicted octanol–water partition coefficient (Wildman–Crippen LogP) is 3.84. The lowest BCUT2D eigenvalue weighted by molar-refractivity contribution is 0.0600. The molecular formula is C16H15FO2. The van der Waals surface area contributed by atoms with Crippen molar-refractivity contribution < 1.29 is 13.9 Å². The van der Waals surface area contributed by atoms with Crippen molar-refractivity contribution in [1.82, 2.24) is 0 Å². The Morgan fingerprint density at radius 1 is 1.16 bits per heavy atom. The number of carbonyl (C=O) groups excluding carboxylic acids is 1. The van der Waals surface area contributed by atoms with E-state index in [0.717, 1.165) is 12.0 Å². The third-order valence-electron chi connectivity index (χ3n) is 2.99. The first-order valence-electron chi connectivity index (χ1n) is 6.12. The minimum absolute atomic E-state index is 0.222. The molecule has 0 amide bonds. The molecule has 0 unspecified atom stereocenters. The number of rotatable bonds is 3. The van der Waals surface area contributed by atoms with Gasteiger partial charge in [0.25, 0.3) is 0 Å². The predicted molar refractivity (Wildman–Crippen MR) is 72.6 cm³/mol. The maximum absolute atomic E-state index is 13.6. The van der Waals surface area contributed by atoms with E-state index in [1.54, 1.807) is 6.07 Å². The largest absolute Gasteiger partial charge is 0.465 e. The molecule has 0 aliphatic rings. The monoisotopic (exact) mass is 258 g/mol. The number of aryl methyl sites for hydroxylation is 1. The number of hydrogen-bond donors (Lipinski definition) is 0. The quantitative estimate of drug-likeness (QED) is 0.782. The Labute approximate surface area is 111 Å². The van der Waals surface area contributed by atoms with Crippen LogP contribution in [0.4, 0.5) is 4.39 Å². The van der Waals surface area contributed by atoms with Crippen LogP contribution in [-0.4, -0.2) is 13.1 Å². The normalized spacial score (nSPS) is 10.3. The molecule has 0 aliphatic carbocycles. The highest BCUT2D eigenvalue weighted by molar-refractivity contribution is 5.91. The van der Waals surface area contributed by atoms with E-state index in [1.807, 2.05) is 24.3 Å². The zero-order valence-corrected chi connectivity index (χ0v) is 10.9. The van der Waals surface area contributed by atoms with Gasteiger partial charge in [-0.25, -0.2) is 9.18 Å². The van der Waals surface area contributed by atoms with Gasteiger partial charge in [-0.3, -0.25) is 0 Å². The SMILES string of the molecule is CCc1cccc(-c2cc(F)cc(C(=O)OC)c2)c1. The molecule has 0 radical (unpaired) electrons. The van der Waals surface area contributed by atoms with Crippen LogP contribution in [0.5, 0.6) is 0 Å². The molecule has 0 bridgehead atoms. The zero-order chi connectivity index (χ0) is 13.8. The van der Waals surface area contributed by atoms with Crippen LogP contribution < -0.4 is 0 Å². The summed E-state index contributed by atoms with van der Waals surface area (Å²) in [6.07, 6.45) is 0.910. The van der Waals surface area contributed by atoms with Crippen molar-refractivity contribution in [3.63, 3.8) is 0 Å². The average Bonchev–Trinajstić information content (AvgIpc) is 2.45. The van der Waals surface area contributed by atoms with Crippen LogP contribution in [0.25, 0.3) is 11.1 Å². The van der Waals surface area contributed by atoms with Gasteiger partial charge in [-0.1, -0.05) is 31.2 Å². The Kier molecular flexibility index (Phi) is 3.95. The maximum Gasteiger partial charge on any atom is 0.337 e. The summed E-state index contributed by atoms with van der Waals surface area (Å²) in [6.45, 7) is 2.06. The highest BCUT2D eigenvalue weighted by Gasteiger charge is 2.10. The van der Waals surface area contributed by atoms with E-state index < -0.39 is 11.8 Å². The third-order valence-corrected chi connectivity index (χ3v) is 2.99. The van der Waals surface area contributed by atoms with Crippen LogP contribution in [0.2, 0.25) is 0 Å². The summed E-state index contributed by atoms with van der Waals surface area (Å²) in [5.74, 6) is -0.979. The van der Waals surface area contributed by atoms with Crippen molar-refractivity contribution in [2.75, 3.05) is 7.11 Å². The van der Waals surface area contributed by atoms with Gasteiger partial charge in [-0.2, -0.15) is 0 Å². The molecule has 0 fully saturated rings. The number of halogens is 1. The van der Waals surface area contributed by atoms with Gasteiger partial charge in [-0.15, -0.1) is 0 Å². The van der Waals surface area contributed by atoms with E-state index in [0.29, 0.717) is 5.56 Å². The lowest BCUT2D eigenvalue weighted by Gasteiger charge is -2.07. The summed E-state index contributed by atoms with van der Waals surface area (Å²) in [6, 6.07) is 12.1. The zero-order valence-electron chi connectivity index (χ0n) is 10.9. The van der Waals surface area contributed by atoms with Gasteiger partial charge in [0.05, 0.1) is 12.7 Å². The molecule has 0 heterocycles. The van der Waals surface area contributed by atoms with Gasteiger partial charge in [-0.05, 0) is 41.3 Å². The van der Waals surface area contributed by atoms with Crippen LogP contribution in [0.1, 0.15) is 22.8 Å². The van der Waals surface area contributed by atoms with Crippen molar-refractivity contribution in [1.29, 1.82) is 0 Å². The molecule has 0 atom stereocenters. The molecule has 19 heavy (non-hydrogen) atoms. The fourth-order valence-electron chi connectivity index (χ4n) is 1.96. The minimum Gasteiger partial charge on any atom is -0.465 e. The fourth-order valence-corrected chi connectivity index (χ4v) is 1.96. The van der Waals surface area contributed by atoms with Crippen molar-refractivity contribution >= 4 is 5.97 Å². The first kappa shape index (κ1) is 13.3. The molecule has 3 heteroatoms. The lowest BCUT2D eigenvalue weighted by Crippen LogP contribution is -2.02. The molecule has 0 spiro atoms. The van der Waals surface area contributed by atoms with Gasteiger partial charge in [0.15, 0.2) is 0 Å². The smallest absolute Gasteiger partial charge is 0.337 e. The average molecular weight is 258 g/mol. The number of benzene rings is 2. The van der Waals surface area contributed by atoms with E-state index >= 15 is 0 Å². The Morgan fingerprint density at radius 2 is 1.95 bits per heavy atom. The van der Waals surface area contributed by atoms with Crippen LogP contribution in [0, 0.1) is 5.82 Å². The van der Waals surface area contributed by atoms with Crippen molar-refractivity contribution in [3.05, 3.63) is 59.4 Å². The Bertz CT molecular complexity index is 605. The number of ether oxygens (including phenoxy) is 1. The van der Waals surface area contributed by atoms with Crippen LogP contribution >= 0.6 is 0 Å². The van der Waals surface area contributed by atoms with Gasteiger partial charge < -0.3 is 4.74 Å². The summed E-state index contributed by atoms with van der Waals surface area (Å²) in [4.78, 5) is 11.5. The van der Waals surface area contributed by atoms with Gasteiger partial charge >= 0.3 is 5.97 Å². The van der Waals surface area contributed by atoms with Crippen molar-refractivity contribution in [2.24, 2.45) is 0 Å². The Balaban J connectivity index is 2.49. The van der Waals surface area contributed by atoms with Crippen molar-refractivity contribution in [2.45, 2.75) is 13.3 Å². The molecule has 0 aliphatic heterocycles. The maximum atomic E-state index is 13.6. The topological polar surface area (TPSA) is 26.3 Å². The second-order valence-corrected chi connectivity index (χ2v) is 4.27. The molecule has 0 aromatic heterocycles. The molecule has 0 saturated heterocycles. The number of hydrogen-bond acceptors (Lipinski definition) is 2. The highest BCUT2D eigenvalue weighted by Crippen LogP contribution is 2.23. The molecule has 0 N–H and O–H groups in total. The molecule has 2 aromatic carbocycles. The summed E-state index contributed by atoms with van der Waals surface area (Å²) in [5.41, 5.74) is 2.96. The van der Waals surface area contributed by atoms with Crippen LogP contribution in [-0.2, 0) is 11.2 Å². The number of methoxy groups -OCH3 is 1. The highest BCUT2D eigenvalue weighted by atomic mass is 19.1.